The number of ether oxygens (including phenoxy) is 1. The molecule has 0 aromatic carbocycles. The van der Waals surface area contributed by atoms with Crippen LogP contribution in [0.15, 0.2) is 12.2 Å². The van der Waals surface area contributed by atoms with Gasteiger partial charge in [-0.3, -0.25) is 4.79 Å². The van der Waals surface area contributed by atoms with E-state index in [9.17, 15) is 4.79 Å². The third kappa shape index (κ3) is 19.7. The van der Waals surface area contributed by atoms with Crippen molar-refractivity contribution in [2.45, 2.75) is 103 Å². The molecule has 0 saturated carbocycles. The highest BCUT2D eigenvalue weighted by Gasteiger charge is 2.00. The van der Waals surface area contributed by atoms with Crippen LogP contribution >= 0.6 is 15.9 Å². The summed E-state index contributed by atoms with van der Waals surface area (Å²) in [6, 6.07) is 0. The van der Waals surface area contributed by atoms with E-state index in [1.54, 1.807) is 0 Å². The zero-order valence-electron chi connectivity index (χ0n) is 15.9. The van der Waals surface area contributed by atoms with E-state index in [0.717, 1.165) is 6.42 Å². The summed E-state index contributed by atoms with van der Waals surface area (Å²) in [6.07, 6.45) is 23.4. The van der Waals surface area contributed by atoms with Crippen LogP contribution in [0.2, 0.25) is 0 Å². The molecular weight excluding hydrogens is 364 g/mol. The number of hydrogen-bond acceptors (Lipinski definition) is 2. The van der Waals surface area contributed by atoms with Gasteiger partial charge >= 0.3 is 5.97 Å². The molecule has 0 aliphatic rings. The Kier molecular flexibility index (Phi) is 20.5. The van der Waals surface area contributed by atoms with E-state index < -0.39 is 0 Å². The second-order valence-corrected chi connectivity index (χ2v) is 7.39. The lowest BCUT2D eigenvalue weighted by Crippen LogP contribution is -2.05. The third-order valence-corrected chi connectivity index (χ3v) is 4.61. The van der Waals surface area contributed by atoms with Crippen LogP contribution in [0.5, 0.6) is 0 Å². The average Bonchev–Trinajstić information content (AvgIpc) is 2.58. The highest BCUT2D eigenvalue weighted by molar-refractivity contribution is 9.09. The van der Waals surface area contributed by atoms with Gasteiger partial charge < -0.3 is 4.74 Å². The maximum Gasteiger partial charge on any atom is 0.306 e. The van der Waals surface area contributed by atoms with Gasteiger partial charge in [0.25, 0.3) is 0 Å². The highest BCUT2D eigenvalue weighted by Crippen LogP contribution is 2.10. The summed E-state index contributed by atoms with van der Waals surface area (Å²) in [5.74, 6) is -0.0837. The predicted octanol–water partition coefficient (Wildman–Crippen LogP) is 7.35. The van der Waals surface area contributed by atoms with Crippen LogP contribution < -0.4 is 0 Å². The smallest absolute Gasteiger partial charge is 0.306 e. The zero-order valence-corrected chi connectivity index (χ0v) is 17.5. The number of esters is 1. The van der Waals surface area contributed by atoms with Gasteiger partial charge in [-0.25, -0.2) is 0 Å². The Bertz CT molecular complexity index is 290. The Morgan fingerprint density at radius 3 is 1.83 bits per heavy atom. The summed E-state index contributed by atoms with van der Waals surface area (Å²) in [6.45, 7) is 2.86. The largest absolute Gasteiger partial charge is 0.466 e. The van der Waals surface area contributed by atoms with Gasteiger partial charge in [0.05, 0.1) is 13.0 Å². The number of carbonyl (C=O) groups excluding carboxylic acids is 1. The first kappa shape index (κ1) is 23.7. The van der Waals surface area contributed by atoms with Gasteiger partial charge in [0, 0.05) is 5.33 Å². The SMILES string of the molecule is CCCCCCCC/C=C\CCCCCCCCOC(=O)CCBr. The van der Waals surface area contributed by atoms with E-state index in [4.69, 9.17) is 4.74 Å². The van der Waals surface area contributed by atoms with Crippen molar-refractivity contribution in [2.24, 2.45) is 0 Å². The molecule has 142 valence electrons. The van der Waals surface area contributed by atoms with E-state index in [1.807, 2.05) is 0 Å². The number of halogens is 1. The molecule has 0 rings (SSSR count). The lowest BCUT2D eigenvalue weighted by Gasteiger charge is -2.03. The van der Waals surface area contributed by atoms with Crippen molar-refractivity contribution in [1.29, 1.82) is 0 Å². The topological polar surface area (TPSA) is 26.3 Å². The molecule has 24 heavy (non-hydrogen) atoms. The number of unbranched alkanes of at least 4 members (excludes halogenated alkanes) is 12. The zero-order chi connectivity index (χ0) is 17.7. The number of alkyl halides is 1. The second-order valence-electron chi connectivity index (χ2n) is 6.60. The van der Waals surface area contributed by atoms with Crippen molar-refractivity contribution in [3.63, 3.8) is 0 Å². The molecule has 0 heterocycles. The van der Waals surface area contributed by atoms with Crippen molar-refractivity contribution in [3.05, 3.63) is 12.2 Å². The van der Waals surface area contributed by atoms with Crippen molar-refractivity contribution in [1.82, 2.24) is 0 Å². The Hall–Kier alpha value is -0.310. The minimum Gasteiger partial charge on any atom is -0.466 e. The van der Waals surface area contributed by atoms with Crippen molar-refractivity contribution in [3.8, 4) is 0 Å². The molecule has 0 unspecified atom stereocenters. The van der Waals surface area contributed by atoms with E-state index in [0.29, 0.717) is 18.4 Å². The first-order chi connectivity index (χ1) is 11.8. The molecule has 0 atom stereocenters. The molecule has 0 aromatic rings. The van der Waals surface area contributed by atoms with E-state index in [1.165, 1.54) is 83.5 Å². The monoisotopic (exact) mass is 402 g/mol. The number of rotatable bonds is 18. The number of allylic oxidation sites excluding steroid dienone is 2. The molecule has 0 aliphatic carbocycles. The average molecular weight is 403 g/mol. The second kappa shape index (κ2) is 20.7. The minimum absolute atomic E-state index is 0.0837. The quantitative estimate of drug-likeness (QED) is 0.103. The van der Waals surface area contributed by atoms with Crippen LogP contribution in [0, 0.1) is 0 Å². The highest BCUT2D eigenvalue weighted by atomic mass is 79.9. The van der Waals surface area contributed by atoms with Crippen LogP contribution in [0.25, 0.3) is 0 Å². The van der Waals surface area contributed by atoms with Gasteiger partial charge in [-0.2, -0.15) is 0 Å². The van der Waals surface area contributed by atoms with Crippen LogP contribution in [0.3, 0.4) is 0 Å². The summed E-state index contributed by atoms with van der Waals surface area (Å²) >= 11 is 3.24. The van der Waals surface area contributed by atoms with Gasteiger partial charge in [0.15, 0.2) is 0 Å². The maximum atomic E-state index is 11.1. The van der Waals surface area contributed by atoms with Crippen molar-refractivity contribution < 1.29 is 9.53 Å². The summed E-state index contributed by atoms with van der Waals surface area (Å²) in [5, 5.41) is 0.694. The normalized spacial score (nSPS) is 11.2. The standard InChI is InChI=1S/C21H39BrO2/c1-2-3-4-5-6-7-8-9-10-11-12-13-14-15-16-17-20-24-21(23)18-19-22/h9-10H,2-8,11-20H2,1H3/b10-9-. The molecule has 0 spiro atoms. The van der Waals surface area contributed by atoms with Crippen molar-refractivity contribution in [2.75, 3.05) is 11.9 Å². The molecule has 0 radical (unpaired) electrons. The van der Waals surface area contributed by atoms with Crippen LogP contribution in [-0.4, -0.2) is 17.9 Å². The molecule has 3 heteroatoms. The van der Waals surface area contributed by atoms with Crippen molar-refractivity contribution >= 4 is 21.9 Å². The van der Waals surface area contributed by atoms with Crippen LogP contribution in [-0.2, 0) is 9.53 Å². The van der Waals surface area contributed by atoms with E-state index in [2.05, 4.69) is 35.0 Å². The summed E-state index contributed by atoms with van der Waals surface area (Å²) < 4.78 is 5.12. The molecular formula is C21H39BrO2. The minimum atomic E-state index is -0.0837. The molecule has 2 nitrogen and oxygen atoms in total. The summed E-state index contributed by atoms with van der Waals surface area (Å²) in [5.41, 5.74) is 0. The van der Waals surface area contributed by atoms with Gasteiger partial charge in [-0.1, -0.05) is 92.8 Å². The fraction of sp³-hybridized carbons (Fsp3) is 0.857. The van der Waals surface area contributed by atoms with Gasteiger partial charge in [-0.05, 0) is 32.1 Å². The lowest BCUT2D eigenvalue weighted by atomic mass is 10.1. The maximum absolute atomic E-state index is 11.1. The Balaban J connectivity index is 3.11. The molecule has 0 amide bonds. The van der Waals surface area contributed by atoms with E-state index >= 15 is 0 Å². The predicted molar refractivity (Wildman–Crippen MR) is 109 cm³/mol. The van der Waals surface area contributed by atoms with Gasteiger partial charge in [-0.15, -0.1) is 0 Å². The Morgan fingerprint density at radius 2 is 1.29 bits per heavy atom. The molecule has 0 bridgehead atoms. The third-order valence-electron chi connectivity index (χ3n) is 4.22. The number of hydrogen-bond donors (Lipinski definition) is 0. The van der Waals surface area contributed by atoms with Gasteiger partial charge in [0.2, 0.25) is 0 Å². The Morgan fingerprint density at radius 1 is 0.792 bits per heavy atom. The van der Waals surface area contributed by atoms with Crippen LogP contribution in [0.4, 0.5) is 0 Å². The molecule has 0 saturated heterocycles. The molecule has 0 aliphatic heterocycles. The summed E-state index contributed by atoms with van der Waals surface area (Å²) in [7, 11) is 0. The molecule has 0 aromatic heterocycles. The Labute approximate surface area is 158 Å². The molecule has 0 N–H and O–H groups in total. The fourth-order valence-corrected chi connectivity index (χ4v) is 3.01. The number of carbonyl (C=O) groups is 1. The lowest BCUT2D eigenvalue weighted by molar-refractivity contribution is -0.143. The summed E-state index contributed by atoms with van der Waals surface area (Å²) in [4.78, 5) is 11.1. The van der Waals surface area contributed by atoms with Gasteiger partial charge in [0.1, 0.15) is 0 Å². The fourth-order valence-electron chi connectivity index (χ4n) is 2.68. The first-order valence-electron chi connectivity index (χ1n) is 10.2. The first-order valence-corrected chi connectivity index (χ1v) is 11.3. The van der Waals surface area contributed by atoms with Crippen LogP contribution in [0.1, 0.15) is 103 Å². The molecule has 0 fully saturated rings. The van der Waals surface area contributed by atoms with E-state index in [-0.39, 0.29) is 5.97 Å².